The lowest BCUT2D eigenvalue weighted by Gasteiger charge is -2.06. The highest BCUT2D eigenvalue weighted by molar-refractivity contribution is 5.35. The van der Waals surface area contributed by atoms with E-state index < -0.39 is 0 Å². The van der Waals surface area contributed by atoms with E-state index in [-0.39, 0.29) is 5.56 Å². The summed E-state index contributed by atoms with van der Waals surface area (Å²) in [5.74, 6) is 0.545. The number of aromatic amines is 1. The number of nitrogens with one attached hydrogen (secondary N) is 1. The molecule has 1 aromatic heterocycles. The molecule has 1 heterocycles. The highest BCUT2D eigenvalue weighted by atomic mass is 16.1. The Labute approximate surface area is 106 Å². The average Bonchev–Trinajstić information content (AvgIpc) is 2.97. The zero-order valence-corrected chi connectivity index (χ0v) is 10.6. The summed E-state index contributed by atoms with van der Waals surface area (Å²) < 4.78 is 1.65. The summed E-state index contributed by atoms with van der Waals surface area (Å²) in [6.45, 7) is 2.04. The van der Waals surface area contributed by atoms with Crippen molar-refractivity contribution in [1.29, 1.82) is 0 Å². The first-order chi connectivity index (χ1) is 8.74. The Hall–Kier alpha value is -1.77. The van der Waals surface area contributed by atoms with Crippen molar-refractivity contribution in [2.45, 2.75) is 38.5 Å². The molecule has 0 radical (unpaired) electrons. The van der Waals surface area contributed by atoms with Gasteiger partial charge < -0.3 is 0 Å². The highest BCUT2D eigenvalue weighted by Crippen LogP contribution is 2.32. The minimum absolute atomic E-state index is 0.0440. The average molecular weight is 242 g/mol. The molecule has 3 heteroatoms. The van der Waals surface area contributed by atoms with Gasteiger partial charge in [0, 0.05) is 17.7 Å². The zero-order valence-electron chi connectivity index (χ0n) is 10.6. The molecule has 1 aromatic carbocycles. The number of rotatable bonds is 2. The second-order valence-electron chi connectivity index (χ2n) is 5.21. The third kappa shape index (κ3) is 2.01. The molecule has 18 heavy (non-hydrogen) atoms. The number of benzene rings is 1. The van der Waals surface area contributed by atoms with Crippen molar-refractivity contribution in [2.75, 3.05) is 0 Å². The Kier molecular flexibility index (Phi) is 2.82. The van der Waals surface area contributed by atoms with Crippen LogP contribution in [0.15, 0.2) is 35.1 Å². The maximum Gasteiger partial charge on any atom is 0.271 e. The smallest absolute Gasteiger partial charge is 0.271 e. The summed E-state index contributed by atoms with van der Waals surface area (Å²) in [6, 6.07) is 9.76. The number of aromatic nitrogens is 2. The first-order valence-corrected chi connectivity index (χ1v) is 6.63. The molecular formula is C15H18N2O. The Balaban J connectivity index is 2.00. The summed E-state index contributed by atoms with van der Waals surface area (Å²) >= 11 is 0. The van der Waals surface area contributed by atoms with Gasteiger partial charge in [-0.2, -0.15) is 0 Å². The fourth-order valence-corrected chi connectivity index (χ4v) is 2.82. The number of H-pyrrole nitrogens is 1. The summed E-state index contributed by atoms with van der Waals surface area (Å²) in [4.78, 5) is 12.0. The number of hydrogen-bond acceptors (Lipinski definition) is 1. The van der Waals surface area contributed by atoms with E-state index in [4.69, 9.17) is 0 Å². The minimum atomic E-state index is 0.0440. The quantitative estimate of drug-likeness (QED) is 0.863. The topological polar surface area (TPSA) is 37.8 Å². The van der Waals surface area contributed by atoms with E-state index in [9.17, 15) is 4.79 Å². The van der Waals surface area contributed by atoms with E-state index in [1.54, 1.807) is 10.7 Å². The van der Waals surface area contributed by atoms with Gasteiger partial charge in [0.15, 0.2) is 0 Å². The standard InChI is InChI=1S/C15H18N2O/c1-11-5-4-8-13(9-11)17-15(18)10-14(16-17)12-6-2-3-7-12/h4-5,8-10,12,16H,2-3,6-7H2,1H3. The molecule has 0 bridgehead atoms. The van der Waals surface area contributed by atoms with Gasteiger partial charge in [-0.15, -0.1) is 0 Å². The fourth-order valence-electron chi connectivity index (χ4n) is 2.82. The lowest BCUT2D eigenvalue weighted by Crippen LogP contribution is -2.13. The Morgan fingerprint density at radius 3 is 2.72 bits per heavy atom. The summed E-state index contributed by atoms with van der Waals surface area (Å²) in [5.41, 5.74) is 3.22. The normalized spacial score (nSPS) is 16.3. The molecule has 3 nitrogen and oxygen atoms in total. The molecule has 0 saturated heterocycles. The molecule has 94 valence electrons. The van der Waals surface area contributed by atoms with Crippen LogP contribution in [0.2, 0.25) is 0 Å². The lowest BCUT2D eigenvalue weighted by atomic mass is 10.1. The van der Waals surface area contributed by atoms with Crippen LogP contribution in [0.5, 0.6) is 0 Å². The van der Waals surface area contributed by atoms with Crippen molar-refractivity contribution >= 4 is 0 Å². The highest BCUT2D eigenvalue weighted by Gasteiger charge is 2.19. The van der Waals surface area contributed by atoms with Crippen molar-refractivity contribution < 1.29 is 0 Å². The molecule has 3 rings (SSSR count). The van der Waals surface area contributed by atoms with Gasteiger partial charge in [0.2, 0.25) is 0 Å². The predicted octanol–water partition coefficient (Wildman–Crippen LogP) is 3.13. The van der Waals surface area contributed by atoms with Crippen LogP contribution in [0.25, 0.3) is 5.69 Å². The maximum atomic E-state index is 12.0. The third-order valence-corrected chi connectivity index (χ3v) is 3.80. The van der Waals surface area contributed by atoms with Crippen LogP contribution in [0.1, 0.15) is 42.9 Å². The number of aryl methyl sites for hydroxylation is 1. The van der Waals surface area contributed by atoms with Gasteiger partial charge in [-0.3, -0.25) is 9.89 Å². The summed E-state index contributed by atoms with van der Waals surface area (Å²) in [7, 11) is 0. The van der Waals surface area contributed by atoms with Crippen LogP contribution in [-0.4, -0.2) is 9.78 Å². The Morgan fingerprint density at radius 1 is 1.22 bits per heavy atom. The van der Waals surface area contributed by atoms with E-state index in [0.717, 1.165) is 16.9 Å². The van der Waals surface area contributed by atoms with E-state index in [1.165, 1.54) is 25.7 Å². The van der Waals surface area contributed by atoms with Gasteiger partial charge in [-0.25, -0.2) is 4.68 Å². The monoisotopic (exact) mass is 242 g/mol. The van der Waals surface area contributed by atoms with Crippen LogP contribution in [0.4, 0.5) is 0 Å². The number of nitrogens with zero attached hydrogens (tertiary/aromatic N) is 1. The number of hydrogen-bond donors (Lipinski definition) is 1. The molecule has 1 aliphatic rings. The van der Waals surface area contributed by atoms with Crippen molar-refractivity contribution in [2.24, 2.45) is 0 Å². The molecule has 0 spiro atoms. The van der Waals surface area contributed by atoms with E-state index in [1.807, 2.05) is 31.2 Å². The van der Waals surface area contributed by atoms with Gasteiger partial charge >= 0.3 is 0 Å². The van der Waals surface area contributed by atoms with Crippen molar-refractivity contribution in [3.8, 4) is 5.69 Å². The first kappa shape index (κ1) is 11.3. The molecular weight excluding hydrogens is 224 g/mol. The first-order valence-electron chi connectivity index (χ1n) is 6.63. The van der Waals surface area contributed by atoms with Crippen LogP contribution < -0.4 is 5.56 Å². The van der Waals surface area contributed by atoms with Crippen LogP contribution in [-0.2, 0) is 0 Å². The van der Waals surface area contributed by atoms with Gasteiger partial charge in [-0.05, 0) is 37.5 Å². The van der Waals surface area contributed by atoms with E-state index in [2.05, 4.69) is 5.10 Å². The molecule has 0 unspecified atom stereocenters. The van der Waals surface area contributed by atoms with Gasteiger partial charge in [0.1, 0.15) is 0 Å². The summed E-state index contributed by atoms with van der Waals surface area (Å²) in [6.07, 6.45) is 4.96. The molecule has 0 atom stereocenters. The van der Waals surface area contributed by atoms with Gasteiger partial charge in [-0.1, -0.05) is 25.0 Å². The van der Waals surface area contributed by atoms with Crippen molar-refractivity contribution in [1.82, 2.24) is 9.78 Å². The maximum absolute atomic E-state index is 12.0. The van der Waals surface area contributed by atoms with Gasteiger partial charge in [0.25, 0.3) is 5.56 Å². The third-order valence-electron chi connectivity index (χ3n) is 3.80. The molecule has 1 saturated carbocycles. The van der Waals surface area contributed by atoms with Gasteiger partial charge in [0.05, 0.1) is 5.69 Å². The Morgan fingerprint density at radius 2 is 2.00 bits per heavy atom. The molecule has 1 fully saturated rings. The summed E-state index contributed by atoms with van der Waals surface area (Å²) in [5, 5.41) is 3.27. The van der Waals surface area contributed by atoms with Crippen LogP contribution in [0.3, 0.4) is 0 Å². The molecule has 0 aliphatic heterocycles. The molecule has 1 aliphatic carbocycles. The predicted molar refractivity (Wildman–Crippen MR) is 72.3 cm³/mol. The zero-order chi connectivity index (χ0) is 12.5. The van der Waals surface area contributed by atoms with E-state index >= 15 is 0 Å². The minimum Gasteiger partial charge on any atom is -0.295 e. The fraction of sp³-hybridized carbons (Fsp3) is 0.400. The van der Waals surface area contributed by atoms with Crippen LogP contribution >= 0.6 is 0 Å². The largest absolute Gasteiger partial charge is 0.295 e. The van der Waals surface area contributed by atoms with E-state index in [0.29, 0.717) is 5.92 Å². The van der Waals surface area contributed by atoms with Crippen molar-refractivity contribution in [3.05, 3.63) is 51.9 Å². The van der Waals surface area contributed by atoms with Crippen molar-refractivity contribution in [3.63, 3.8) is 0 Å². The SMILES string of the molecule is Cc1cccc(-n2[nH]c(C3CCCC3)cc2=O)c1. The Bertz CT molecular complexity index is 603. The lowest BCUT2D eigenvalue weighted by molar-refractivity contribution is 0.677. The van der Waals surface area contributed by atoms with Crippen LogP contribution in [0, 0.1) is 6.92 Å². The second-order valence-corrected chi connectivity index (χ2v) is 5.21. The molecule has 1 N–H and O–H groups in total. The second kappa shape index (κ2) is 4.48. The molecule has 2 aromatic rings. The molecule has 0 amide bonds.